The zero-order valence-corrected chi connectivity index (χ0v) is 18.2. The van der Waals surface area contributed by atoms with Gasteiger partial charge < -0.3 is 14.4 Å². The van der Waals surface area contributed by atoms with Gasteiger partial charge in [0.25, 0.3) is 0 Å². The van der Waals surface area contributed by atoms with Gasteiger partial charge in [-0.25, -0.2) is 0 Å². The van der Waals surface area contributed by atoms with E-state index in [1.165, 1.54) is 46.2 Å². The van der Waals surface area contributed by atoms with Crippen LogP contribution in [0.5, 0.6) is 11.5 Å². The lowest BCUT2D eigenvalue weighted by Crippen LogP contribution is -2.13. The largest absolute Gasteiger partial charge is 0.454 e. The van der Waals surface area contributed by atoms with Crippen molar-refractivity contribution in [1.82, 2.24) is 0 Å². The Morgan fingerprint density at radius 1 is 0.625 bits per heavy atom. The van der Waals surface area contributed by atoms with Crippen molar-refractivity contribution in [3.05, 3.63) is 101 Å². The predicted octanol–water partition coefficient (Wildman–Crippen LogP) is 6.98. The first-order valence-corrected chi connectivity index (χ1v) is 11.6. The molecule has 32 heavy (non-hydrogen) atoms. The van der Waals surface area contributed by atoms with Crippen LogP contribution in [0.15, 0.2) is 79.1 Å². The van der Waals surface area contributed by atoms with E-state index in [2.05, 4.69) is 78.0 Å². The molecule has 0 radical (unpaired) electrons. The van der Waals surface area contributed by atoms with E-state index in [0.717, 1.165) is 42.9 Å². The van der Waals surface area contributed by atoms with Gasteiger partial charge in [-0.1, -0.05) is 48.5 Å². The van der Waals surface area contributed by atoms with E-state index in [1.807, 2.05) is 6.07 Å². The molecule has 0 unspecified atom stereocenters. The van der Waals surface area contributed by atoms with Crippen LogP contribution in [0.2, 0.25) is 0 Å². The molecule has 1 aliphatic heterocycles. The summed E-state index contributed by atoms with van der Waals surface area (Å²) in [6, 6.07) is 23.9. The van der Waals surface area contributed by atoms with E-state index >= 15 is 0 Å². The number of rotatable bonds is 3. The maximum Gasteiger partial charge on any atom is 0.231 e. The molecule has 0 N–H and O–H groups in total. The summed E-state index contributed by atoms with van der Waals surface area (Å²) in [6.07, 6.45) is 11.6. The minimum Gasteiger partial charge on any atom is -0.454 e. The second-order valence-electron chi connectivity index (χ2n) is 8.77. The second-order valence-corrected chi connectivity index (χ2v) is 8.77. The Kier molecular flexibility index (Phi) is 4.95. The van der Waals surface area contributed by atoms with Crippen molar-refractivity contribution >= 4 is 16.8 Å². The van der Waals surface area contributed by atoms with Gasteiger partial charge in [-0.15, -0.1) is 0 Å². The van der Waals surface area contributed by atoms with Crippen molar-refractivity contribution in [3.8, 4) is 11.5 Å². The summed E-state index contributed by atoms with van der Waals surface area (Å²) in [6.45, 7) is 0.293. The molecule has 0 bridgehead atoms. The average Bonchev–Trinajstić information content (AvgIpc) is 3.32. The summed E-state index contributed by atoms with van der Waals surface area (Å²) >= 11 is 0. The first kappa shape index (κ1) is 19.2. The molecule has 3 aromatic rings. The minimum atomic E-state index is 0.293. The Morgan fingerprint density at radius 2 is 1.22 bits per heavy atom. The number of hydrogen-bond donors (Lipinski definition) is 0. The Hall–Kier alpha value is -3.46. The Bertz CT molecular complexity index is 1160. The van der Waals surface area contributed by atoms with Crippen molar-refractivity contribution in [2.45, 2.75) is 38.5 Å². The van der Waals surface area contributed by atoms with Crippen LogP contribution in [0.4, 0.5) is 5.69 Å². The summed E-state index contributed by atoms with van der Waals surface area (Å²) in [7, 11) is 0. The van der Waals surface area contributed by atoms with E-state index in [4.69, 9.17) is 9.47 Å². The number of fused-ring (bicyclic) bond motifs is 3. The normalized spacial score (nSPS) is 19.0. The summed E-state index contributed by atoms with van der Waals surface area (Å²) in [5, 5.41) is 0. The fourth-order valence-electron chi connectivity index (χ4n) is 5.15. The summed E-state index contributed by atoms with van der Waals surface area (Å²) < 4.78 is 11.2. The molecule has 160 valence electrons. The molecule has 0 fully saturated rings. The van der Waals surface area contributed by atoms with Crippen LogP contribution in [0, 0.1) is 0 Å². The number of aryl methyl sites for hydroxylation is 2. The van der Waals surface area contributed by atoms with Crippen LogP contribution < -0.4 is 14.4 Å². The van der Waals surface area contributed by atoms with Gasteiger partial charge in [-0.3, -0.25) is 0 Å². The first-order valence-electron chi connectivity index (χ1n) is 11.6. The fraction of sp³-hybridized carbons (Fsp3) is 0.241. The number of benzene rings is 3. The van der Waals surface area contributed by atoms with Crippen LogP contribution in [0.3, 0.4) is 0 Å². The smallest absolute Gasteiger partial charge is 0.231 e. The van der Waals surface area contributed by atoms with E-state index < -0.39 is 0 Å². The van der Waals surface area contributed by atoms with Gasteiger partial charge in [-0.2, -0.15) is 0 Å². The molecule has 0 atom stereocenters. The molecule has 0 saturated heterocycles. The number of ether oxygens (including phenoxy) is 2. The van der Waals surface area contributed by atoms with Crippen LogP contribution in [0.25, 0.3) is 11.1 Å². The molecule has 3 aromatic carbocycles. The molecule has 0 amide bonds. The monoisotopic (exact) mass is 421 g/mol. The number of allylic oxidation sites excluding steroid dienone is 2. The molecule has 0 saturated carbocycles. The van der Waals surface area contributed by atoms with Gasteiger partial charge in [0, 0.05) is 24.2 Å². The highest BCUT2D eigenvalue weighted by Gasteiger charge is 2.19. The first-order chi connectivity index (χ1) is 15.8. The lowest BCUT2D eigenvalue weighted by atomic mass is 9.87. The number of anilines is 1. The molecule has 3 aliphatic rings. The minimum absolute atomic E-state index is 0.293. The lowest BCUT2D eigenvalue weighted by Gasteiger charge is -2.26. The molecule has 1 heterocycles. The Morgan fingerprint density at radius 3 is 1.88 bits per heavy atom. The fourth-order valence-corrected chi connectivity index (χ4v) is 5.15. The highest BCUT2D eigenvalue weighted by atomic mass is 16.7. The molecule has 0 aromatic heterocycles. The van der Waals surface area contributed by atoms with Crippen molar-refractivity contribution in [2.24, 2.45) is 0 Å². The van der Waals surface area contributed by atoms with Crippen LogP contribution in [-0.4, -0.2) is 6.79 Å². The quantitative estimate of drug-likeness (QED) is 0.455. The Labute approximate surface area is 189 Å². The lowest BCUT2D eigenvalue weighted by molar-refractivity contribution is 0.174. The highest BCUT2D eigenvalue weighted by Crippen LogP contribution is 2.39. The maximum absolute atomic E-state index is 5.69. The molecular formula is C29H27NO2. The molecule has 6 rings (SSSR count). The Balaban J connectivity index is 1.47. The van der Waals surface area contributed by atoms with Crippen LogP contribution in [-0.2, 0) is 12.8 Å². The number of hydrogen-bond acceptors (Lipinski definition) is 3. The standard InChI is InChI=1S/C29H27NO2/c1-3-13-26-21(7-1)9-5-11-23(26)18-30(25-15-16-28-29(17-25)32-20-31-28)19-24-12-6-10-22-8-2-4-14-27(22)24/h1-4,7-8,13-19H,5-6,9-12,20H2. The third-order valence-electron chi connectivity index (χ3n) is 6.76. The molecule has 3 nitrogen and oxygen atoms in total. The zero-order valence-electron chi connectivity index (χ0n) is 18.2. The maximum atomic E-state index is 5.69. The van der Waals surface area contributed by atoms with Gasteiger partial charge in [0.1, 0.15) is 0 Å². The van der Waals surface area contributed by atoms with Gasteiger partial charge in [0.2, 0.25) is 6.79 Å². The van der Waals surface area contributed by atoms with Crippen molar-refractivity contribution in [2.75, 3.05) is 11.7 Å². The van der Waals surface area contributed by atoms with Gasteiger partial charge in [0.05, 0.1) is 0 Å². The third-order valence-corrected chi connectivity index (χ3v) is 6.76. The van der Waals surface area contributed by atoms with Crippen molar-refractivity contribution < 1.29 is 9.47 Å². The number of nitrogens with zero attached hydrogens (tertiary/aromatic N) is 1. The third kappa shape index (κ3) is 3.58. The van der Waals surface area contributed by atoms with Gasteiger partial charge in [-0.05, 0) is 84.1 Å². The summed E-state index contributed by atoms with van der Waals surface area (Å²) in [5.74, 6) is 1.64. The summed E-state index contributed by atoms with van der Waals surface area (Å²) in [4.78, 5) is 2.30. The van der Waals surface area contributed by atoms with Gasteiger partial charge in [0.15, 0.2) is 11.5 Å². The van der Waals surface area contributed by atoms with E-state index in [-0.39, 0.29) is 0 Å². The topological polar surface area (TPSA) is 21.7 Å². The predicted molar refractivity (Wildman–Crippen MR) is 130 cm³/mol. The van der Waals surface area contributed by atoms with Gasteiger partial charge >= 0.3 is 0 Å². The average molecular weight is 422 g/mol. The zero-order chi connectivity index (χ0) is 21.3. The summed E-state index contributed by atoms with van der Waals surface area (Å²) in [5.41, 5.74) is 9.55. The van der Waals surface area contributed by atoms with E-state index in [9.17, 15) is 0 Å². The SMILES string of the molecule is C(=C1CCCc2ccccc21)N(C=C1CCCc2ccccc21)c1ccc2c(c1)OCO2. The molecular weight excluding hydrogens is 394 g/mol. The van der Waals surface area contributed by atoms with Crippen molar-refractivity contribution in [3.63, 3.8) is 0 Å². The van der Waals surface area contributed by atoms with Crippen molar-refractivity contribution in [1.29, 1.82) is 0 Å². The molecule has 2 aliphatic carbocycles. The van der Waals surface area contributed by atoms with Crippen LogP contribution >= 0.6 is 0 Å². The molecule has 3 heteroatoms. The highest BCUT2D eigenvalue weighted by molar-refractivity contribution is 5.78. The van der Waals surface area contributed by atoms with E-state index in [0.29, 0.717) is 6.79 Å². The van der Waals surface area contributed by atoms with E-state index in [1.54, 1.807) is 0 Å². The molecule has 0 spiro atoms. The van der Waals surface area contributed by atoms with Crippen LogP contribution in [0.1, 0.15) is 47.9 Å². The second kappa shape index (κ2) is 8.23.